The molecule has 4 atom stereocenters. The molecule has 0 radical (unpaired) electrons. The molecule has 2 bridgehead atoms. The molecule has 0 aromatic heterocycles. The molecule has 2 N–H and O–H groups in total. The van der Waals surface area contributed by atoms with E-state index < -0.39 is 23.9 Å². The van der Waals surface area contributed by atoms with Gasteiger partial charge in [-0.25, -0.2) is 0 Å². The van der Waals surface area contributed by atoms with Gasteiger partial charge in [-0.2, -0.15) is 0 Å². The van der Waals surface area contributed by atoms with Crippen LogP contribution in [0, 0.1) is 11.8 Å². The number of ether oxygens (including phenoxy) is 1. The quantitative estimate of drug-likeness (QED) is 0.703. The highest BCUT2D eigenvalue weighted by Crippen LogP contribution is 2.39. The topological polar surface area (TPSA) is 78.9 Å². The number of carbonyl (C=O) groups excluding carboxylic acids is 1. The average molecular weight is 280 g/mol. The molecule has 0 saturated carbocycles. The van der Waals surface area contributed by atoms with Gasteiger partial charge in [-0.15, -0.1) is 0 Å². The number of hydrogen-bond donors (Lipinski definition) is 2. The molecule has 3 heterocycles. The Kier molecular flexibility index (Phi) is 3.52. The van der Waals surface area contributed by atoms with E-state index in [4.69, 9.17) is 4.74 Å². The van der Waals surface area contributed by atoms with E-state index in [1.165, 1.54) is 0 Å². The van der Waals surface area contributed by atoms with Crippen molar-refractivity contribution < 1.29 is 19.4 Å². The number of amides is 1. The van der Waals surface area contributed by atoms with Gasteiger partial charge in [0, 0.05) is 6.04 Å². The average Bonchev–Trinajstić information content (AvgIpc) is 3.01. The zero-order valence-corrected chi connectivity index (χ0v) is 11.5. The molecular formula is C14H20N2O4. The summed E-state index contributed by atoms with van der Waals surface area (Å²) in [5, 5.41) is 12.3. The monoisotopic (exact) mass is 280 g/mol. The largest absolute Gasteiger partial charge is 0.481 e. The predicted molar refractivity (Wildman–Crippen MR) is 71.1 cm³/mol. The molecule has 0 spiro atoms. The summed E-state index contributed by atoms with van der Waals surface area (Å²) in [4.78, 5) is 26.0. The van der Waals surface area contributed by atoms with E-state index in [1.807, 2.05) is 6.08 Å². The minimum atomic E-state index is -0.953. The van der Waals surface area contributed by atoms with Gasteiger partial charge in [0.1, 0.15) is 5.92 Å². The highest BCUT2D eigenvalue weighted by Gasteiger charge is 2.53. The molecule has 3 aliphatic rings. The number of piperidine rings is 1. The smallest absolute Gasteiger partial charge is 0.310 e. The van der Waals surface area contributed by atoms with Crippen LogP contribution in [0.4, 0.5) is 0 Å². The van der Waals surface area contributed by atoms with Gasteiger partial charge in [0.15, 0.2) is 0 Å². The first-order chi connectivity index (χ1) is 9.56. The third-order valence-electron chi connectivity index (χ3n) is 4.55. The molecular weight excluding hydrogens is 260 g/mol. The van der Waals surface area contributed by atoms with Crippen LogP contribution in [0.1, 0.15) is 12.8 Å². The molecule has 6 heteroatoms. The Balaban J connectivity index is 1.64. The van der Waals surface area contributed by atoms with Crippen molar-refractivity contribution in [3.63, 3.8) is 0 Å². The second kappa shape index (κ2) is 5.18. The molecule has 3 rings (SSSR count). The van der Waals surface area contributed by atoms with Gasteiger partial charge >= 0.3 is 5.97 Å². The van der Waals surface area contributed by atoms with E-state index in [9.17, 15) is 14.7 Å². The Labute approximate surface area is 117 Å². The van der Waals surface area contributed by atoms with Crippen molar-refractivity contribution in [2.24, 2.45) is 11.8 Å². The molecule has 1 amide bonds. The molecule has 3 aliphatic heterocycles. The van der Waals surface area contributed by atoms with Crippen LogP contribution < -0.4 is 5.32 Å². The van der Waals surface area contributed by atoms with Crippen LogP contribution in [0.15, 0.2) is 12.2 Å². The molecule has 0 aromatic carbocycles. The van der Waals surface area contributed by atoms with Crippen LogP contribution in [0.2, 0.25) is 0 Å². The highest BCUT2D eigenvalue weighted by molar-refractivity contribution is 5.87. The number of carboxylic acids is 1. The maximum atomic E-state index is 12.4. The number of hydrogen-bond acceptors (Lipinski definition) is 4. The summed E-state index contributed by atoms with van der Waals surface area (Å²) in [5.74, 6) is -2.48. The number of carbonyl (C=O) groups is 2. The summed E-state index contributed by atoms with van der Waals surface area (Å²) in [5.41, 5.74) is 0. The zero-order valence-electron chi connectivity index (χ0n) is 11.5. The lowest BCUT2D eigenvalue weighted by atomic mass is 9.82. The maximum absolute atomic E-state index is 12.4. The summed E-state index contributed by atoms with van der Waals surface area (Å²) in [6.07, 6.45) is 4.55. The number of nitrogens with one attached hydrogen (secondary N) is 1. The van der Waals surface area contributed by atoms with E-state index in [-0.39, 0.29) is 18.1 Å². The van der Waals surface area contributed by atoms with Crippen LogP contribution >= 0.6 is 0 Å². The molecule has 2 saturated heterocycles. The van der Waals surface area contributed by atoms with Gasteiger partial charge in [-0.3, -0.25) is 9.59 Å². The summed E-state index contributed by atoms with van der Waals surface area (Å²) in [7, 11) is 2.06. The van der Waals surface area contributed by atoms with E-state index >= 15 is 0 Å². The second-order valence-corrected chi connectivity index (χ2v) is 5.93. The molecule has 20 heavy (non-hydrogen) atoms. The number of likely N-dealkylation sites (tertiary alicyclic amines) is 1. The van der Waals surface area contributed by atoms with Crippen LogP contribution in [0.25, 0.3) is 0 Å². The van der Waals surface area contributed by atoms with Crippen molar-refractivity contribution >= 4 is 11.9 Å². The summed E-state index contributed by atoms with van der Waals surface area (Å²) < 4.78 is 5.53. The third-order valence-corrected chi connectivity index (χ3v) is 4.55. The first kappa shape index (κ1) is 13.6. The minimum Gasteiger partial charge on any atom is -0.481 e. The fraction of sp³-hybridized carbons (Fsp3) is 0.714. The van der Waals surface area contributed by atoms with E-state index in [1.54, 1.807) is 6.08 Å². The van der Waals surface area contributed by atoms with Gasteiger partial charge in [-0.05, 0) is 33.0 Å². The molecule has 0 aliphatic carbocycles. The second-order valence-electron chi connectivity index (χ2n) is 5.93. The Hall–Kier alpha value is -1.40. The van der Waals surface area contributed by atoms with E-state index in [0.717, 1.165) is 25.9 Å². The van der Waals surface area contributed by atoms with Crippen LogP contribution in [-0.2, 0) is 14.3 Å². The first-order valence-corrected chi connectivity index (χ1v) is 7.12. The lowest BCUT2D eigenvalue weighted by Gasteiger charge is -2.31. The molecule has 2 fully saturated rings. The molecule has 110 valence electrons. The number of carboxylic acid groups (broad SMARTS) is 1. The number of rotatable bonds is 3. The molecule has 6 nitrogen and oxygen atoms in total. The molecule has 0 aromatic rings. The van der Waals surface area contributed by atoms with Crippen molar-refractivity contribution in [1.29, 1.82) is 0 Å². The van der Waals surface area contributed by atoms with Crippen LogP contribution in [0.5, 0.6) is 0 Å². The van der Waals surface area contributed by atoms with Crippen molar-refractivity contribution in [2.75, 3.05) is 20.1 Å². The predicted octanol–water partition coefficient (Wildman–Crippen LogP) is -0.149. The summed E-state index contributed by atoms with van der Waals surface area (Å²) in [6.45, 7) is 1.92. The van der Waals surface area contributed by atoms with E-state index in [2.05, 4.69) is 17.3 Å². The Morgan fingerprint density at radius 2 is 1.80 bits per heavy atom. The Morgan fingerprint density at radius 1 is 1.20 bits per heavy atom. The zero-order chi connectivity index (χ0) is 14.3. The lowest BCUT2D eigenvalue weighted by molar-refractivity contribution is -0.146. The normalized spacial score (nSPS) is 37.2. The van der Waals surface area contributed by atoms with Gasteiger partial charge in [0.05, 0.1) is 18.1 Å². The van der Waals surface area contributed by atoms with Crippen molar-refractivity contribution in [2.45, 2.75) is 31.1 Å². The SMILES string of the molecule is CN1CCC(NC(=O)[C@@H]2[C@@H](C(=O)O)[C@@H]3C=C[C@H]2O3)CC1. The van der Waals surface area contributed by atoms with Crippen molar-refractivity contribution in [1.82, 2.24) is 10.2 Å². The van der Waals surface area contributed by atoms with Gasteiger partial charge in [-0.1, -0.05) is 12.2 Å². The standard InChI is InChI=1S/C14H20N2O4/c1-16-6-4-8(5-7-16)15-13(17)11-9-2-3-10(20-9)12(11)14(18)19/h2-3,8-12H,4-7H2,1H3,(H,15,17)(H,18,19)/t9-,10+,11+,12+/m1/s1. The third kappa shape index (κ3) is 2.33. The molecule has 0 unspecified atom stereocenters. The van der Waals surface area contributed by atoms with Gasteiger partial charge in [0.25, 0.3) is 0 Å². The fourth-order valence-corrected chi connectivity index (χ4v) is 3.37. The number of aliphatic carboxylic acids is 1. The number of fused-ring (bicyclic) bond motifs is 2. The van der Waals surface area contributed by atoms with Gasteiger partial charge < -0.3 is 20.1 Å². The lowest BCUT2D eigenvalue weighted by Crippen LogP contribution is -2.49. The Morgan fingerprint density at radius 3 is 2.40 bits per heavy atom. The summed E-state index contributed by atoms with van der Waals surface area (Å²) in [6, 6.07) is 0.149. The van der Waals surface area contributed by atoms with Crippen molar-refractivity contribution in [3.05, 3.63) is 12.2 Å². The van der Waals surface area contributed by atoms with E-state index in [0.29, 0.717) is 0 Å². The van der Waals surface area contributed by atoms with Crippen molar-refractivity contribution in [3.8, 4) is 0 Å². The first-order valence-electron chi connectivity index (χ1n) is 7.12. The highest BCUT2D eigenvalue weighted by atomic mass is 16.5. The van der Waals surface area contributed by atoms with Crippen LogP contribution in [0.3, 0.4) is 0 Å². The number of nitrogens with zero attached hydrogens (tertiary/aromatic N) is 1. The minimum absolute atomic E-state index is 0.149. The van der Waals surface area contributed by atoms with Gasteiger partial charge in [0.2, 0.25) is 5.91 Å². The fourth-order valence-electron chi connectivity index (χ4n) is 3.37. The van der Waals surface area contributed by atoms with Crippen LogP contribution in [-0.4, -0.2) is 60.3 Å². The Bertz CT molecular complexity index is 442. The maximum Gasteiger partial charge on any atom is 0.310 e. The summed E-state index contributed by atoms with van der Waals surface area (Å²) >= 11 is 0.